The van der Waals surface area contributed by atoms with Crippen LogP contribution in [0.25, 0.3) is 0 Å². The number of thioether (sulfide) groups is 1. The number of likely N-dealkylation sites (N-methyl/N-ethyl adjacent to an activating group) is 1. The molecule has 4 nitrogen and oxygen atoms in total. The molecule has 0 saturated heterocycles. The van der Waals surface area contributed by atoms with Gasteiger partial charge in [0.15, 0.2) is 0 Å². The minimum absolute atomic E-state index is 0.0982. The second-order valence-corrected chi connectivity index (χ2v) is 5.86. The maximum Gasteiger partial charge on any atom is 0.243 e. The SMILES string of the molecule is CNC(=O)C(CSCc1ccccc1)NC(=O)C(C)C. The van der Waals surface area contributed by atoms with Gasteiger partial charge in [0, 0.05) is 24.5 Å². The van der Waals surface area contributed by atoms with Crippen molar-refractivity contribution in [1.29, 1.82) is 0 Å². The van der Waals surface area contributed by atoms with Crippen molar-refractivity contribution >= 4 is 23.6 Å². The van der Waals surface area contributed by atoms with Crippen molar-refractivity contribution in [2.45, 2.75) is 25.6 Å². The Kier molecular flexibility index (Phi) is 7.15. The molecule has 0 spiro atoms. The summed E-state index contributed by atoms with van der Waals surface area (Å²) in [4.78, 5) is 23.5. The van der Waals surface area contributed by atoms with Crippen molar-refractivity contribution in [2.75, 3.05) is 12.8 Å². The predicted octanol–water partition coefficient (Wildman–Crippen LogP) is 1.81. The first-order valence-corrected chi connectivity index (χ1v) is 7.83. The van der Waals surface area contributed by atoms with Crippen LogP contribution in [0, 0.1) is 5.92 Å². The summed E-state index contributed by atoms with van der Waals surface area (Å²) in [6.45, 7) is 3.63. The van der Waals surface area contributed by atoms with Crippen LogP contribution in [-0.4, -0.2) is 30.7 Å². The lowest BCUT2D eigenvalue weighted by atomic mass is 10.2. The fourth-order valence-electron chi connectivity index (χ4n) is 1.56. The van der Waals surface area contributed by atoms with Crippen LogP contribution < -0.4 is 10.6 Å². The molecule has 1 atom stereocenters. The second-order valence-electron chi connectivity index (χ2n) is 4.83. The summed E-state index contributed by atoms with van der Waals surface area (Å²) >= 11 is 1.64. The standard InChI is InChI=1S/C15H22N2O2S/c1-11(2)14(18)17-13(15(19)16-3)10-20-9-12-7-5-4-6-8-12/h4-8,11,13H,9-10H2,1-3H3,(H,16,19)(H,17,18). The van der Waals surface area contributed by atoms with E-state index in [9.17, 15) is 9.59 Å². The van der Waals surface area contributed by atoms with E-state index in [4.69, 9.17) is 0 Å². The van der Waals surface area contributed by atoms with E-state index in [0.717, 1.165) is 5.75 Å². The van der Waals surface area contributed by atoms with Crippen molar-refractivity contribution in [1.82, 2.24) is 10.6 Å². The molecule has 0 radical (unpaired) electrons. The second kappa shape index (κ2) is 8.64. The summed E-state index contributed by atoms with van der Waals surface area (Å²) in [5.74, 6) is 1.01. The van der Waals surface area contributed by atoms with Gasteiger partial charge in [-0.1, -0.05) is 44.2 Å². The Morgan fingerprint density at radius 1 is 1.15 bits per heavy atom. The van der Waals surface area contributed by atoms with Gasteiger partial charge in [0.2, 0.25) is 11.8 Å². The number of benzene rings is 1. The van der Waals surface area contributed by atoms with Gasteiger partial charge in [0.05, 0.1) is 0 Å². The average Bonchev–Trinajstić information content (AvgIpc) is 2.46. The highest BCUT2D eigenvalue weighted by atomic mass is 32.2. The smallest absolute Gasteiger partial charge is 0.243 e. The first-order chi connectivity index (χ1) is 9.54. The van der Waals surface area contributed by atoms with Gasteiger partial charge in [0.25, 0.3) is 0 Å². The average molecular weight is 294 g/mol. The van der Waals surface area contributed by atoms with Gasteiger partial charge in [0.1, 0.15) is 6.04 Å². The molecule has 0 heterocycles. The summed E-state index contributed by atoms with van der Waals surface area (Å²) < 4.78 is 0. The van der Waals surface area contributed by atoms with Crippen LogP contribution in [0.1, 0.15) is 19.4 Å². The summed E-state index contributed by atoms with van der Waals surface area (Å²) in [5.41, 5.74) is 1.21. The zero-order valence-corrected chi connectivity index (χ0v) is 13.0. The van der Waals surface area contributed by atoms with E-state index in [1.165, 1.54) is 5.56 Å². The molecule has 110 valence electrons. The zero-order chi connectivity index (χ0) is 15.0. The minimum Gasteiger partial charge on any atom is -0.357 e. The zero-order valence-electron chi connectivity index (χ0n) is 12.2. The number of amides is 2. The molecule has 0 aliphatic rings. The van der Waals surface area contributed by atoms with E-state index in [1.54, 1.807) is 18.8 Å². The lowest BCUT2D eigenvalue weighted by molar-refractivity contribution is -0.129. The van der Waals surface area contributed by atoms with Crippen LogP contribution in [-0.2, 0) is 15.3 Å². The molecule has 0 aromatic heterocycles. The molecule has 2 N–H and O–H groups in total. The molecule has 0 aliphatic carbocycles. The van der Waals surface area contributed by atoms with Crippen molar-refractivity contribution in [3.8, 4) is 0 Å². The molecule has 20 heavy (non-hydrogen) atoms. The van der Waals surface area contributed by atoms with Crippen molar-refractivity contribution in [3.05, 3.63) is 35.9 Å². The van der Waals surface area contributed by atoms with E-state index >= 15 is 0 Å². The molecular weight excluding hydrogens is 272 g/mol. The molecule has 5 heteroatoms. The Morgan fingerprint density at radius 3 is 2.35 bits per heavy atom. The van der Waals surface area contributed by atoms with Gasteiger partial charge in [-0.3, -0.25) is 9.59 Å². The van der Waals surface area contributed by atoms with Crippen LogP contribution in [0.4, 0.5) is 0 Å². The molecule has 0 aliphatic heterocycles. The minimum atomic E-state index is -0.483. The Morgan fingerprint density at radius 2 is 1.80 bits per heavy atom. The monoisotopic (exact) mass is 294 g/mol. The predicted molar refractivity (Wildman–Crippen MR) is 83.4 cm³/mol. The van der Waals surface area contributed by atoms with E-state index in [0.29, 0.717) is 5.75 Å². The molecule has 1 rings (SSSR count). The Bertz CT molecular complexity index is 435. The van der Waals surface area contributed by atoms with Crippen LogP contribution >= 0.6 is 11.8 Å². The first-order valence-electron chi connectivity index (χ1n) is 6.68. The highest BCUT2D eigenvalue weighted by molar-refractivity contribution is 7.98. The van der Waals surface area contributed by atoms with Gasteiger partial charge in [-0.2, -0.15) is 11.8 Å². The quantitative estimate of drug-likeness (QED) is 0.806. The third kappa shape index (κ3) is 5.65. The number of hydrogen-bond acceptors (Lipinski definition) is 3. The normalized spacial score (nSPS) is 12.0. The molecule has 1 unspecified atom stereocenters. The van der Waals surface area contributed by atoms with Gasteiger partial charge >= 0.3 is 0 Å². The molecule has 1 aromatic carbocycles. The number of carbonyl (C=O) groups excluding carboxylic acids is 2. The number of nitrogens with one attached hydrogen (secondary N) is 2. The van der Waals surface area contributed by atoms with Gasteiger partial charge in [-0.25, -0.2) is 0 Å². The third-order valence-electron chi connectivity index (χ3n) is 2.80. The van der Waals surface area contributed by atoms with Crippen molar-refractivity contribution in [2.24, 2.45) is 5.92 Å². The molecule has 0 saturated carbocycles. The molecule has 0 bridgehead atoms. The van der Waals surface area contributed by atoms with E-state index in [2.05, 4.69) is 22.8 Å². The van der Waals surface area contributed by atoms with E-state index in [1.807, 2.05) is 32.0 Å². The summed E-state index contributed by atoms with van der Waals surface area (Å²) in [6.07, 6.45) is 0. The highest BCUT2D eigenvalue weighted by Gasteiger charge is 2.20. The highest BCUT2D eigenvalue weighted by Crippen LogP contribution is 2.13. The molecule has 2 amide bonds. The molecular formula is C15H22N2O2S. The molecule has 1 aromatic rings. The largest absolute Gasteiger partial charge is 0.357 e. The van der Waals surface area contributed by atoms with Gasteiger partial charge in [-0.15, -0.1) is 0 Å². The Hall–Kier alpha value is -1.49. The third-order valence-corrected chi connectivity index (χ3v) is 3.91. The van der Waals surface area contributed by atoms with Crippen LogP contribution in [0.3, 0.4) is 0 Å². The Labute approximate surface area is 124 Å². The fraction of sp³-hybridized carbons (Fsp3) is 0.467. The topological polar surface area (TPSA) is 58.2 Å². The number of carbonyl (C=O) groups is 2. The summed E-state index contributed by atoms with van der Waals surface area (Å²) in [7, 11) is 1.58. The van der Waals surface area contributed by atoms with Crippen LogP contribution in [0.15, 0.2) is 30.3 Å². The van der Waals surface area contributed by atoms with Crippen LogP contribution in [0.2, 0.25) is 0 Å². The Balaban J connectivity index is 2.48. The lowest BCUT2D eigenvalue weighted by Crippen LogP contribution is -2.48. The summed E-state index contributed by atoms with van der Waals surface area (Å²) in [5, 5.41) is 5.37. The fourth-order valence-corrected chi connectivity index (χ4v) is 2.58. The van der Waals surface area contributed by atoms with Gasteiger partial charge < -0.3 is 10.6 Å². The van der Waals surface area contributed by atoms with E-state index in [-0.39, 0.29) is 17.7 Å². The lowest BCUT2D eigenvalue weighted by Gasteiger charge is -2.18. The maximum absolute atomic E-state index is 11.8. The molecule has 0 fully saturated rings. The van der Waals surface area contributed by atoms with Crippen molar-refractivity contribution in [3.63, 3.8) is 0 Å². The summed E-state index contributed by atoms with van der Waals surface area (Å²) in [6, 6.07) is 9.58. The number of hydrogen-bond donors (Lipinski definition) is 2. The van der Waals surface area contributed by atoms with Gasteiger partial charge in [-0.05, 0) is 5.56 Å². The number of rotatable bonds is 7. The van der Waals surface area contributed by atoms with Crippen LogP contribution in [0.5, 0.6) is 0 Å². The first kappa shape index (κ1) is 16.6. The van der Waals surface area contributed by atoms with Crippen molar-refractivity contribution < 1.29 is 9.59 Å². The van der Waals surface area contributed by atoms with E-state index < -0.39 is 6.04 Å². The maximum atomic E-state index is 11.8.